The number of hydrazone groups is 1. The van der Waals surface area contributed by atoms with Crippen LogP contribution in [-0.2, 0) is 9.59 Å². The lowest BCUT2D eigenvalue weighted by molar-refractivity contribution is -0.121. The average molecular weight is 537 g/mol. The quantitative estimate of drug-likeness (QED) is 0.439. The van der Waals surface area contributed by atoms with Gasteiger partial charge in [0.05, 0.1) is 24.6 Å². The first-order valence-corrected chi connectivity index (χ1v) is 12.8. The van der Waals surface area contributed by atoms with Crippen LogP contribution in [0.3, 0.4) is 0 Å². The van der Waals surface area contributed by atoms with Gasteiger partial charge in [0, 0.05) is 17.9 Å². The number of hydrogen-bond donors (Lipinski definition) is 1. The smallest absolute Gasteiger partial charge is 0.262 e. The van der Waals surface area contributed by atoms with E-state index in [9.17, 15) is 14.0 Å². The van der Waals surface area contributed by atoms with Gasteiger partial charge in [0.15, 0.2) is 5.17 Å². The zero-order valence-electron chi connectivity index (χ0n) is 19.7. The number of halogens is 2. The number of para-hydroxylation sites is 2. The standard InChI is InChI=1S/C27H22ClFN4O3S/c1-36-23-8-3-2-7-20(23)30-25(34)15-24-26(35)31-27(37-24)33-22(17-5-4-6-18(28)13-17)14-21(32-33)16-9-11-19(29)12-10-16/h2-13,22,24H,14-15H2,1H3,(H,30,34). The summed E-state index contributed by atoms with van der Waals surface area (Å²) in [6.07, 6.45) is 0.456. The van der Waals surface area contributed by atoms with Crippen molar-refractivity contribution in [2.45, 2.75) is 24.1 Å². The molecule has 2 amide bonds. The molecule has 2 aliphatic rings. The highest BCUT2D eigenvalue weighted by atomic mass is 35.5. The maximum absolute atomic E-state index is 13.5. The number of methoxy groups -OCH3 is 1. The zero-order valence-corrected chi connectivity index (χ0v) is 21.3. The third-order valence-electron chi connectivity index (χ3n) is 6.00. The van der Waals surface area contributed by atoms with Gasteiger partial charge in [-0.25, -0.2) is 9.40 Å². The van der Waals surface area contributed by atoms with E-state index in [1.54, 1.807) is 47.5 Å². The monoisotopic (exact) mass is 536 g/mol. The second kappa shape index (κ2) is 10.7. The molecule has 0 aliphatic carbocycles. The van der Waals surface area contributed by atoms with Crippen molar-refractivity contribution in [1.82, 2.24) is 5.01 Å². The van der Waals surface area contributed by atoms with Crippen LogP contribution in [0.15, 0.2) is 82.9 Å². The normalized spacial score (nSPS) is 19.0. The molecule has 5 rings (SSSR count). The van der Waals surface area contributed by atoms with Crippen molar-refractivity contribution < 1.29 is 18.7 Å². The predicted octanol–water partition coefficient (Wildman–Crippen LogP) is 5.67. The molecule has 0 aromatic heterocycles. The average Bonchev–Trinajstić information content (AvgIpc) is 3.49. The molecule has 1 N–H and O–H groups in total. The van der Waals surface area contributed by atoms with Gasteiger partial charge in [-0.15, -0.1) is 0 Å². The summed E-state index contributed by atoms with van der Waals surface area (Å²) in [5.74, 6) is -0.524. The number of benzene rings is 3. The lowest BCUT2D eigenvalue weighted by atomic mass is 9.98. The van der Waals surface area contributed by atoms with Crippen LogP contribution in [0.5, 0.6) is 5.75 Å². The Morgan fingerprint density at radius 2 is 1.95 bits per heavy atom. The summed E-state index contributed by atoms with van der Waals surface area (Å²) in [4.78, 5) is 29.8. The van der Waals surface area contributed by atoms with E-state index in [0.717, 1.165) is 16.8 Å². The summed E-state index contributed by atoms with van der Waals surface area (Å²) in [6, 6.07) is 20.3. The number of amides is 2. The van der Waals surface area contributed by atoms with Crippen molar-refractivity contribution in [2.24, 2.45) is 10.1 Å². The third kappa shape index (κ3) is 5.52. The number of carbonyl (C=O) groups excluding carboxylic acids is 2. The molecule has 2 aliphatic heterocycles. The number of hydrogen-bond acceptors (Lipinski definition) is 6. The Hall–Kier alpha value is -3.69. The van der Waals surface area contributed by atoms with Crippen molar-refractivity contribution in [1.29, 1.82) is 0 Å². The first kappa shape index (κ1) is 25.0. The molecular formula is C27H22ClFN4O3S. The van der Waals surface area contributed by atoms with E-state index in [1.165, 1.54) is 31.0 Å². The number of thioether (sulfide) groups is 1. The molecule has 0 saturated carbocycles. The van der Waals surface area contributed by atoms with Crippen molar-refractivity contribution in [3.8, 4) is 5.75 Å². The summed E-state index contributed by atoms with van der Waals surface area (Å²) in [7, 11) is 1.52. The number of nitrogens with zero attached hydrogens (tertiary/aromatic N) is 3. The molecule has 0 spiro atoms. The van der Waals surface area contributed by atoms with Gasteiger partial charge in [0.2, 0.25) is 5.91 Å². The van der Waals surface area contributed by atoms with E-state index in [2.05, 4.69) is 10.3 Å². The highest BCUT2D eigenvalue weighted by Gasteiger charge is 2.39. The van der Waals surface area contributed by atoms with Crippen LogP contribution in [0, 0.1) is 5.82 Å². The lowest BCUT2D eigenvalue weighted by Crippen LogP contribution is -2.25. The minimum atomic E-state index is -0.685. The fraction of sp³-hybridized carbons (Fsp3) is 0.185. The summed E-state index contributed by atoms with van der Waals surface area (Å²) in [5.41, 5.74) is 2.94. The van der Waals surface area contributed by atoms with Crippen LogP contribution in [0.25, 0.3) is 0 Å². The molecule has 0 saturated heterocycles. The van der Waals surface area contributed by atoms with Gasteiger partial charge in [-0.1, -0.05) is 59.8 Å². The maximum Gasteiger partial charge on any atom is 0.262 e. The second-order valence-corrected chi connectivity index (χ2v) is 10.1. The third-order valence-corrected chi connectivity index (χ3v) is 7.38. The van der Waals surface area contributed by atoms with Crippen molar-refractivity contribution in [3.05, 3.63) is 94.8 Å². The highest BCUT2D eigenvalue weighted by Crippen LogP contribution is 2.39. The van der Waals surface area contributed by atoms with E-state index in [4.69, 9.17) is 21.4 Å². The van der Waals surface area contributed by atoms with Crippen molar-refractivity contribution in [3.63, 3.8) is 0 Å². The molecule has 3 aromatic rings. The summed E-state index contributed by atoms with van der Waals surface area (Å²) in [5, 5.41) is 9.56. The first-order valence-electron chi connectivity index (χ1n) is 11.5. The van der Waals surface area contributed by atoms with Gasteiger partial charge in [-0.3, -0.25) is 9.59 Å². The van der Waals surface area contributed by atoms with Crippen LogP contribution in [0.2, 0.25) is 5.02 Å². The number of anilines is 1. The van der Waals surface area contributed by atoms with Gasteiger partial charge < -0.3 is 10.1 Å². The Bertz CT molecular complexity index is 1410. The van der Waals surface area contributed by atoms with Crippen LogP contribution in [0.1, 0.15) is 30.0 Å². The SMILES string of the molecule is COc1ccccc1NC(=O)CC1SC(N2N=C(c3ccc(F)cc3)CC2c2cccc(Cl)c2)=NC1=O. The zero-order chi connectivity index (χ0) is 25.9. The summed E-state index contributed by atoms with van der Waals surface area (Å²) < 4.78 is 18.8. The van der Waals surface area contributed by atoms with Gasteiger partial charge >= 0.3 is 0 Å². The van der Waals surface area contributed by atoms with E-state index >= 15 is 0 Å². The number of rotatable bonds is 6. The number of amidine groups is 1. The molecule has 2 atom stereocenters. The molecule has 0 bridgehead atoms. The lowest BCUT2D eigenvalue weighted by Gasteiger charge is -2.23. The molecule has 188 valence electrons. The van der Waals surface area contributed by atoms with E-state index in [1.807, 2.05) is 18.2 Å². The van der Waals surface area contributed by atoms with Crippen LogP contribution < -0.4 is 10.1 Å². The van der Waals surface area contributed by atoms with Crippen molar-refractivity contribution >= 4 is 51.7 Å². The molecule has 0 radical (unpaired) electrons. The minimum Gasteiger partial charge on any atom is -0.495 e. The highest BCUT2D eigenvalue weighted by molar-refractivity contribution is 8.15. The number of aliphatic imine (C=N–C) groups is 1. The van der Waals surface area contributed by atoms with E-state index < -0.39 is 11.2 Å². The Balaban J connectivity index is 1.35. The van der Waals surface area contributed by atoms with Gasteiger partial charge in [-0.2, -0.15) is 10.1 Å². The molecular weight excluding hydrogens is 515 g/mol. The van der Waals surface area contributed by atoms with Crippen LogP contribution in [0.4, 0.5) is 10.1 Å². The fourth-order valence-electron chi connectivity index (χ4n) is 4.20. The molecule has 2 unspecified atom stereocenters. The number of ether oxygens (including phenoxy) is 1. The Labute approximate surface area is 222 Å². The van der Waals surface area contributed by atoms with Gasteiger partial charge in [0.1, 0.15) is 16.8 Å². The molecule has 7 nitrogen and oxygen atoms in total. The second-order valence-electron chi connectivity index (χ2n) is 8.46. The molecule has 37 heavy (non-hydrogen) atoms. The molecule has 10 heteroatoms. The summed E-state index contributed by atoms with van der Waals surface area (Å²) >= 11 is 7.45. The predicted molar refractivity (Wildman–Crippen MR) is 144 cm³/mol. The molecule has 2 heterocycles. The van der Waals surface area contributed by atoms with E-state index in [-0.39, 0.29) is 24.2 Å². The number of nitrogens with one attached hydrogen (secondary N) is 1. The Morgan fingerprint density at radius 3 is 2.70 bits per heavy atom. The topological polar surface area (TPSA) is 83.4 Å². The fourth-order valence-corrected chi connectivity index (χ4v) is 5.46. The van der Waals surface area contributed by atoms with Crippen LogP contribution >= 0.6 is 23.4 Å². The summed E-state index contributed by atoms with van der Waals surface area (Å²) in [6.45, 7) is 0. The molecule has 0 fully saturated rings. The van der Waals surface area contributed by atoms with Crippen molar-refractivity contribution in [2.75, 3.05) is 12.4 Å². The Morgan fingerprint density at radius 1 is 1.16 bits per heavy atom. The van der Waals surface area contributed by atoms with Gasteiger partial charge in [-0.05, 0) is 47.5 Å². The minimum absolute atomic E-state index is 0.0568. The number of carbonyl (C=O) groups is 2. The first-order chi connectivity index (χ1) is 17.9. The maximum atomic E-state index is 13.5. The van der Waals surface area contributed by atoms with Crippen LogP contribution in [-0.4, -0.2) is 40.1 Å². The largest absolute Gasteiger partial charge is 0.495 e. The Kier molecular flexibility index (Phi) is 7.25. The van der Waals surface area contributed by atoms with Gasteiger partial charge in [0.25, 0.3) is 5.91 Å². The molecule has 3 aromatic carbocycles. The van der Waals surface area contributed by atoms with E-state index in [0.29, 0.717) is 28.0 Å².